The summed E-state index contributed by atoms with van der Waals surface area (Å²) in [6.45, 7) is 0.231. The molecule has 10 heteroatoms. The van der Waals surface area contributed by atoms with Crippen molar-refractivity contribution in [1.82, 2.24) is 15.3 Å². The Morgan fingerprint density at radius 3 is 2.65 bits per heavy atom. The Kier molecular flexibility index (Phi) is 7.43. The van der Waals surface area contributed by atoms with Crippen LogP contribution in [-0.2, 0) is 22.6 Å². The highest BCUT2D eigenvalue weighted by Gasteiger charge is 2.24. The van der Waals surface area contributed by atoms with Gasteiger partial charge in [0.15, 0.2) is 11.6 Å². The number of aryl methyl sites for hydroxylation is 1. The van der Waals surface area contributed by atoms with Crippen molar-refractivity contribution in [2.24, 2.45) is 0 Å². The standard InChI is InChI=1S/C27H29FN6O3/c28-22-15-29-26(31-21-11-12-23-18(14-21)6-13-24(35)33-23)34-25(22)30-19-7-9-20(10-8-19)32-27(36)37-16-17-4-2-1-3-5-17/h1-5,11-12,14-15,19-20H,6-10,13,16H2,(H,32,36)(H,33,35)(H2,29,30,31,34). The van der Waals surface area contributed by atoms with Gasteiger partial charge in [0.05, 0.1) is 6.20 Å². The van der Waals surface area contributed by atoms with Crippen molar-refractivity contribution in [2.45, 2.75) is 57.2 Å². The summed E-state index contributed by atoms with van der Waals surface area (Å²) < 4.78 is 19.8. The summed E-state index contributed by atoms with van der Waals surface area (Å²) >= 11 is 0. The number of benzene rings is 2. The number of hydrogen-bond donors (Lipinski definition) is 4. The molecule has 1 fully saturated rings. The second-order valence-corrected chi connectivity index (χ2v) is 9.33. The minimum Gasteiger partial charge on any atom is -0.445 e. The average Bonchev–Trinajstić information content (AvgIpc) is 2.91. The molecule has 192 valence electrons. The molecule has 0 spiro atoms. The van der Waals surface area contributed by atoms with E-state index in [9.17, 15) is 14.0 Å². The fourth-order valence-corrected chi connectivity index (χ4v) is 4.63. The van der Waals surface area contributed by atoms with E-state index >= 15 is 0 Å². The van der Waals surface area contributed by atoms with Gasteiger partial charge in [0.25, 0.3) is 0 Å². The van der Waals surface area contributed by atoms with E-state index in [2.05, 4.69) is 31.2 Å². The van der Waals surface area contributed by atoms with Crippen molar-refractivity contribution in [1.29, 1.82) is 0 Å². The van der Waals surface area contributed by atoms with Gasteiger partial charge in [-0.2, -0.15) is 4.98 Å². The molecule has 0 saturated heterocycles. The van der Waals surface area contributed by atoms with Gasteiger partial charge in [-0.25, -0.2) is 14.2 Å². The molecule has 3 aromatic rings. The van der Waals surface area contributed by atoms with Gasteiger partial charge < -0.3 is 26.0 Å². The fourth-order valence-electron chi connectivity index (χ4n) is 4.63. The first kappa shape index (κ1) is 24.5. The van der Waals surface area contributed by atoms with Crippen molar-refractivity contribution < 1.29 is 18.7 Å². The van der Waals surface area contributed by atoms with Crippen LogP contribution in [-0.4, -0.2) is 34.1 Å². The predicted octanol–water partition coefficient (Wildman–Crippen LogP) is 4.89. The first-order valence-electron chi connectivity index (χ1n) is 12.5. The molecular weight excluding hydrogens is 475 g/mol. The lowest BCUT2D eigenvalue weighted by Crippen LogP contribution is -2.40. The number of carbonyl (C=O) groups excluding carboxylic acids is 2. The minimum absolute atomic E-state index is 0.0126. The number of anilines is 4. The number of halogens is 1. The molecule has 1 aliphatic heterocycles. The molecule has 5 rings (SSSR count). The number of nitrogens with one attached hydrogen (secondary N) is 4. The summed E-state index contributed by atoms with van der Waals surface area (Å²) in [5.74, 6) is -0.0938. The van der Waals surface area contributed by atoms with Crippen LogP contribution in [0.1, 0.15) is 43.2 Å². The Morgan fingerprint density at radius 1 is 1.05 bits per heavy atom. The number of nitrogens with zero attached hydrogens (tertiary/aromatic N) is 2. The van der Waals surface area contributed by atoms with Gasteiger partial charge >= 0.3 is 6.09 Å². The summed E-state index contributed by atoms with van der Waals surface area (Å²) in [5, 5.41) is 12.1. The number of fused-ring (bicyclic) bond motifs is 1. The van der Waals surface area contributed by atoms with E-state index in [0.717, 1.165) is 54.4 Å². The third-order valence-electron chi connectivity index (χ3n) is 6.60. The summed E-state index contributed by atoms with van der Waals surface area (Å²) in [6.07, 6.45) is 4.84. The van der Waals surface area contributed by atoms with E-state index in [-0.39, 0.29) is 36.4 Å². The van der Waals surface area contributed by atoms with Crippen LogP contribution in [0.15, 0.2) is 54.7 Å². The Labute approximate surface area is 214 Å². The van der Waals surface area contributed by atoms with Crippen LogP contribution in [0.3, 0.4) is 0 Å². The van der Waals surface area contributed by atoms with Crippen LogP contribution < -0.4 is 21.3 Å². The maximum Gasteiger partial charge on any atom is 0.407 e. The van der Waals surface area contributed by atoms with E-state index in [1.807, 2.05) is 48.5 Å². The van der Waals surface area contributed by atoms with Crippen LogP contribution in [0.25, 0.3) is 0 Å². The summed E-state index contributed by atoms with van der Waals surface area (Å²) in [5.41, 5.74) is 3.53. The summed E-state index contributed by atoms with van der Waals surface area (Å²) in [6, 6.07) is 15.2. The van der Waals surface area contributed by atoms with E-state index in [0.29, 0.717) is 12.8 Å². The SMILES string of the molecule is O=C1CCc2cc(Nc3ncc(F)c(NC4CCC(NC(=O)OCc5ccccc5)CC4)n3)ccc2N1. The molecule has 2 aromatic carbocycles. The van der Waals surface area contributed by atoms with Crippen molar-refractivity contribution >= 4 is 35.1 Å². The second kappa shape index (κ2) is 11.2. The summed E-state index contributed by atoms with van der Waals surface area (Å²) in [7, 11) is 0. The van der Waals surface area contributed by atoms with Gasteiger partial charge in [-0.05, 0) is 61.4 Å². The highest BCUT2D eigenvalue weighted by atomic mass is 19.1. The lowest BCUT2D eigenvalue weighted by molar-refractivity contribution is -0.116. The van der Waals surface area contributed by atoms with Crippen molar-refractivity contribution in [2.75, 3.05) is 16.0 Å². The Hall–Kier alpha value is -4.21. The molecule has 2 heterocycles. The third kappa shape index (κ3) is 6.52. The number of aromatic nitrogens is 2. The van der Waals surface area contributed by atoms with Gasteiger partial charge in [-0.15, -0.1) is 0 Å². The molecule has 0 unspecified atom stereocenters. The van der Waals surface area contributed by atoms with Crippen molar-refractivity contribution in [3.8, 4) is 0 Å². The second-order valence-electron chi connectivity index (χ2n) is 9.33. The number of carbonyl (C=O) groups is 2. The number of alkyl carbamates (subject to hydrolysis) is 1. The third-order valence-corrected chi connectivity index (χ3v) is 6.60. The predicted molar refractivity (Wildman–Crippen MR) is 138 cm³/mol. The molecule has 0 atom stereocenters. The first-order valence-corrected chi connectivity index (χ1v) is 12.5. The number of amides is 2. The highest BCUT2D eigenvalue weighted by molar-refractivity contribution is 5.94. The Balaban J connectivity index is 1.11. The van der Waals surface area contributed by atoms with E-state index in [4.69, 9.17) is 4.74 Å². The summed E-state index contributed by atoms with van der Waals surface area (Å²) in [4.78, 5) is 32.1. The largest absolute Gasteiger partial charge is 0.445 e. The maximum absolute atomic E-state index is 14.5. The number of ether oxygens (including phenoxy) is 1. The molecule has 9 nitrogen and oxygen atoms in total. The average molecular weight is 505 g/mol. The monoisotopic (exact) mass is 504 g/mol. The fraction of sp³-hybridized carbons (Fsp3) is 0.333. The molecular formula is C27H29FN6O3. The lowest BCUT2D eigenvalue weighted by Gasteiger charge is -2.29. The molecule has 37 heavy (non-hydrogen) atoms. The van der Waals surface area contributed by atoms with Crippen LogP contribution in [0.5, 0.6) is 0 Å². The van der Waals surface area contributed by atoms with Gasteiger partial charge in [0, 0.05) is 29.9 Å². The van der Waals surface area contributed by atoms with Gasteiger partial charge in [0.1, 0.15) is 6.61 Å². The van der Waals surface area contributed by atoms with Crippen molar-refractivity contribution in [3.05, 3.63) is 71.7 Å². The zero-order valence-electron chi connectivity index (χ0n) is 20.3. The molecule has 2 aliphatic rings. The van der Waals surface area contributed by atoms with Crippen molar-refractivity contribution in [3.63, 3.8) is 0 Å². The topological polar surface area (TPSA) is 117 Å². The minimum atomic E-state index is -0.525. The number of hydrogen-bond acceptors (Lipinski definition) is 7. The number of rotatable bonds is 7. The van der Waals surface area contributed by atoms with Gasteiger partial charge in [-0.3, -0.25) is 4.79 Å². The maximum atomic E-state index is 14.5. The van der Waals surface area contributed by atoms with Gasteiger partial charge in [-0.1, -0.05) is 30.3 Å². The quantitative estimate of drug-likeness (QED) is 0.362. The van der Waals surface area contributed by atoms with Crippen LogP contribution in [0.4, 0.5) is 32.3 Å². The molecule has 1 aromatic heterocycles. The molecule has 1 aliphatic carbocycles. The smallest absolute Gasteiger partial charge is 0.407 e. The molecule has 1 saturated carbocycles. The highest BCUT2D eigenvalue weighted by Crippen LogP contribution is 2.28. The lowest BCUT2D eigenvalue weighted by atomic mass is 9.91. The Morgan fingerprint density at radius 2 is 1.84 bits per heavy atom. The Bertz CT molecular complexity index is 1260. The van der Waals surface area contributed by atoms with Crippen LogP contribution >= 0.6 is 0 Å². The van der Waals surface area contributed by atoms with E-state index in [1.165, 1.54) is 0 Å². The van der Waals surface area contributed by atoms with E-state index in [1.54, 1.807) is 0 Å². The zero-order chi connectivity index (χ0) is 25.6. The molecule has 4 N–H and O–H groups in total. The normalized spacial score (nSPS) is 18.8. The molecule has 2 amide bonds. The van der Waals surface area contributed by atoms with E-state index < -0.39 is 11.9 Å². The van der Waals surface area contributed by atoms with Crippen LogP contribution in [0, 0.1) is 5.82 Å². The molecule has 0 radical (unpaired) electrons. The molecule has 0 bridgehead atoms. The van der Waals surface area contributed by atoms with Crippen LogP contribution in [0.2, 0.25) is 0 Å². The first-order chi connectivity index (χ1) is 18.0. The zero-order valence-corrected chi connectivity index (χ0v) is 20.3. The van der Waals surface area contributed by atoms with Gasteiger partial charge in [0.2, 0.25) is 11.9 Å².